The normalized spacial score (nSPS) is 10.4. The fourth-order valence-electron chi connectivity index (χ4n) is 1.29. The van der Waals surface area contributed by atoms with Crippen LogP contribution >= 0.6 is 0 Å². The molecule has 0 aliphatic rings. The number of hydrogen-bond donors (Lipinski definition) is 1. The second-order valence-corrected chi connectivity index (χ2v) is 3.73. The Morgan fingerprint density at radius 2 is 2.31 bits per heavy atom. The van der Waals surface area contributed by atoms with Gasteiger partial charge in [-0.25, -0.2) is 4.98 Å². The van der Waals surface area contributed by atoms with E-state index in [4.69, 9.17) is 0 Å². The highest BCUT2D eigenvalue weighted by Crippen LogP contribution is 1.97. The van der Waals surface area contributed by atoms with E-state index in [0.29, 0.717) is 6.54 Å². The lowest BCUT2D eigenvalue weighted by Crippen LogP contribution is -2.29. The van der Waals surface area contributed by atoms with Gasteiger partial charge in [-0.05, 0) is 13.5 Å². The Hall–Kier alpha value is -1.36. The summed E-state index contributed by atoms with van der Waals surface area (Å²) in [6, 6.07) is 0. The highest BCUT2D eigenvalue weighted by molar-refractivity contribution is 5.75. The van der Waals surface area contributed by atoms with E-state index in [1.165, 1.54) is 0 Å². The zero-order chi connectivity index (χ0) is 12.0. The number of nitrogens with one attached hydrogen (secondary N) is 1. The van der Waals surface area contributed by atoms with Gasteiger partial charge in [-0.2, -0.15) is 0 Å². The molecule has 5 heteroatoms. The molecule has 16 heavy (non-hydrogen) atoms. The molecular weight excluding hydrogens is 204 g/mol. The lowest BCUT2D eigenvalue weighted by molar-refractivity contribution is -0.130. The average Bonchev–Trinajstić information content (AvgIpc) is 2.72. The van der Waals surface area contributed by atoms with E-state index < -0.39 is 0 Å². The summed E-state index contributed by atoms with van der Waals surface area (Å²) < 4.78 is 1.82. The number of likely N-dealkylation sites (N-methyl/N-ethyl adjacent to an activating group) is 1. The van der Waals surface area contributed by atoms with Gasteiger partial charge in [0.05, 0.1) is 12.0 Å². The van der Waals surface area contributed by atoms with Crippen LogP contribution in [-0.4, -0.2) is 40.5 Å². The summed E-state index contributed by atoms with van der Waals surface area (Å²) in [6.07, 6.45) is 3.61. The topological polar surface area (TPSA) is 50.2 Å². The minimum absolute atomic E-state index is 0.106. The van der Waals surface area contributed by atoms with E-state index in [9.17, 15) is 4.79 Å². The Morgan fingerprint density at radius 1 is 1.56 bits per heavy atom. The number of amides is 1. The zero-order valence-corrected chi connectivity index (χ0v) is 10.2. The van der Waals surface area contributed by atoms with E-state index >= 15 is 0 Å². The van der Waals surface area contributed by atoms with Crippen LogP contribution in [0.5, 0.6) is 0 Å². The first-order chi connectivity index (χ1) is 7.67. The van der Waals surface area contributed by atoms with Gasteiger partial charge >= 0.3 is 0 Å². The molecule has 0 radical (unpaired) electrons. The maximum Gasteiger partial charge on any atom is 0.242 e. The van der Waals surface area contributed by atoms with Gasteiger partial charge in [0, 0.05) is 26.3 Å². The second kappa shape index (κ2) is 6.27. The first-order valence-electron chi connectivity index (χ1n) is 5.62. The van der Waals surface area contributed by atoms with Gasteiger partial charge < -0.3 is 14.8 Å². The fraction of sp³-hybridized carbons (Fsp3) is 0.636. The Bertz CT molecular complexity index is 334. The molecule has 0 aliphatic heterocycles. The van der Waals surface area contributed by atoms with Gasteiger partial charge in [-0.3, -0.25) is 4.79 Å². The summed E-state index contributed by atoms with van der Waals surface area (Å²) in [6.45, 7) is 6.78. The van der Waals surface area contributed by atoms with Crippen molar-refractivity contribution in [3.63, 3.8) is 0 Å². The van der Waals surface area contributed by atoms with Gasteiger partial charge in [0.2, 0.25) is 5.91 Å². The van der Waals surface area contributed by atoms with Crippen molar-refractivity contribution in [3.8, 4) is 0 Å². The first-order valence-corrected chi connectivity index (χ1v) is 5.62. The minimum Gasteiger partial charge on any atom is -0.344 e. The smallest absolute Gasteiger partial charge is 0.242 e. The van der Waals surface area contributed by atoms with Crippen molar-refractivity contribution in [2.24, 2.45) is 0 Å². The summed E-state index contributed by atoms with van der Waals surface area (Å²) in [7, 11) is 1.80. The van der Waals surface area contributed by atoms with E-state index in [2.05, 4.69) is 17.2 Å². The Morgan fingerprint density at radius 3 is 2.94 bits per heavy atom. The van der Waals surface area contributed by atoms with E-state index in [1.54, 1.807) is 18.3 Å². The number of nitrogens with zero attached hydrogens (tertiary/aromatic N) is 3. The molecule has 1 heterocycles. The van der Waals surface area contributed by atoms with Gasteiger partial charge in [-0.15, -0.1) is 0 Å². The highest BCUT2D eigenvalue weighted by atomic mass is 16.2. The summed E-state index contributed by atoms with van der Waals surface area (Å²) in [5.74, 6) is 0.106. The molecule has 1 aromatic rings. The molecule has 0 saturated heterocycles. The predicted molar refractivity (Wildman–Crippen MR) is 62.9 cm³/mol. The predicted octanol–water partition coefficient (Wildman–Crippen LogP) is 0.471. The monoisotopic (exact) mass is 224 g/mol. The molecule has 1 amide bonds. The summed E-state index contributed by atoms with van der Waals surface area (Å²) in [5, 5.41) is 3.19. The fourth-order valence-corrected chi connectivity index (χ4v) is 1.29. The number of hydrogen-bond acceptors (Lipinski definition) is 3. The Kier molecular flexibility index (Phi) is 4.98. The van der Waals surface area contributed by atoms with Crippen molar-refractivity contribution in [2.45, 2.75) is 26.9 Å². The third-order valence-electron chi connectivity index (χ3n) is 2.46. The number of rotatable bonds is 6. The average molecular weight is 224 g/mol. The van der Waals surface area contributed by atoms with E-state index in [-0.39, 0.29) is 5.91 Å². The second-order valence-electron chi connectivity index (χ2n) is 3.73. The van der Waals surface area contributed by atoms with Crippen molar-refractivity contribution in [1.82, 2.24) is 19.8 Å². The molecule has 0 fully saturated rings. The quantitative estimate of drug-likeness (QED) is 0.764. The van der Waals surface area contributed by atoms with Crippen LogP contribution in [0.1, 0.15) is 19.5 Å². The zero-order valence-electron chi connectivity index (χ0n) is 10.2. The highest BCUT2D eigenvalue weighted by Gasteiger charge is 2.07. The number of carbonyl (C=O) groups is 1. The van der Waals surface area contributed by atoms with Gasteiger partial charge in [0.25, 0.3) is 0 Å². The first kappa shape index (κ1) is 12.7. The van der Waals surface area contributed by atoms with Crippen molar-refractivity contribution < 1.29 is 4.79 Å². The van der Waals surface area contributed by atoms with Crippen LogP contribution in [0, 0.1) is 0 Å². The third-order valence-corrected chi connectivity index (χ3v) is 2.46. The number of carbonyl (C=O) groups excluding carboxylic acids is 1. The maximum atomic E-state index is 11.6. The number of imidazole rings is 1. The Labute approximate surface area is 96.5 Å². The molecule has 0 aliphatic carbocycles. The Balaban J connectivity index is 2.48. The molecule has 0 atom stereocenters. The van der Waals surface area contributed by atoms with Crippen LogP contribution in [0.2, 0.25) is 0 Å². The van der Waals surface area contributed by atoms with Crippen molar-refractivity contribution in [2.75, 3.05) is 20.1 Å². The molecule has 0 unspecified atom stereocenters. The standard InChI is InChI=1S/C11H20N4O/c1-4-12-6-10-7-15(9-13-10)8-11(16)14(3)5-2/h7,9,12H,4-6,8H2,1-3H3. The van der Waals surface area contributed by atoms with Gasteiger partial charge in [0.15, 0.2) is 0 Å². The molecule has 0 bridgehead atoms. The third kappa shape index (κ3) is 3.66. The summed E-state index contributed by atoms with van der Waals surface area (Å²) in [4.78, 5) is 17.5. The van der Waals surface area contributed by atoms with Crippen LogP contribution in [0.25, 0.3) is 0 Å². The van der Waals surface area contributed by atoms with Crippen molar-refractivity contribution >= 4 is 5.91 Å². The molecule has 0 aromatic carbocycles. The van der Waals surface area contributed by atoms with Gasteiger partial charge in [-0.1, -0.05) is 6.92 Å². The molecule has 1 rings (SSSR count). The molecule has 1 aromatic heterocycles. The SMILES string of the molecule is CCNCc1cn(CC(=O)N(C)CC)cn1. The van der Waals surface area contributed by atoms with Crippen LogP contribution in [0.15, 0.2) is 12.5 Å². The molecule has 5 nitrogen and oxygen atoms in total. The molecule has 0 saturated carbocycles. The molecule has 1 N–H and O–H groups in total. The van der Waals surface area contributed by atoms with E-state index in [1.807, 2.05) is 17.7 Å². The minimum atomic E-state index is 0.106. The summed E-state index contributed by atoms with van der Waals surface area (Å²) in [5.41, 5.74) is 0.966. The van der Waals surface area contributed by atoms with Crippen LogP contribution in [-0.2, 0) is 17.9 Å². The lowest BCUT2D eigenvalue weighted by atomic mass is 10.4. The number of aromatic nitrogens is 2. The lowest BCUT2D eigenvalue weighted by Gasteiger charge is -2.14. The molecular formula is C11H20N4O. The molecule has 0 spiro atoms. The van der Waals surface area contributed by atoms with Crippen LogP contribution in [0.4, 0.5) is 0 Å². The summed E-state index contributed by atoms with van der Waals surface area (Å²) >= 11 is 0. The largest absolute Gasteiger partial charge is 0.344 e. The van der Waals surface area contributed by atoms with E-state index in [0.717, 1.165) is 25.3 Å². The van der Waals surface area contributed by atoms with Crippen molar-refractivity contribution in [1.29, 1.82) is 0 Å². The van der Waals surface area contributed by atoms with Crippen LogP contribution < -0.4 is 5.32 Å². The van der Waals surface area contributed by atoms with Crippen LogP contribution in [0.3, 0.4) is 0 Å². The van der Waals surface area contributed by atoms with Crippen molar-refractivity contribution in [3.05, 3.63) is 18.2 Å². The molecule has 90 valence electrons. The van der Waals surface area contributed by atoms with Gasteiger partial charge in [0.1, 0.15) is 6.54 Å². The maximum absolute atomic E-state index is 11.6.